The molecule has 0 spiro atoms. The highest BCUT2D eigenvalue weighted by molar-refractivity contribution is 7.89. The van der Waals surface area contributed by atoms with Gasteiger partial charge in [0.2, 0.25) is 0 Å². The second-order valence-corrected chi connectivity index (χ2v) is 7.14. The number of aromatic nitrogens is 2. The third-order valence-electron chi connectivity index (χ3n) is 3.46. The van der Waals surface area contributed by atoms with Crippen LogP contribution in [0.3, 0.4) is 0 Å². The van der Waals surface area contributed by atoms with Crippen molar-refractivity contribution >= 4 is 16.0 Å². The molecule has 1 rings (SSSR count). The number of carboxylic acids is 1. The van der Waals surface area contributed by atoms with Crippen LogP contribution < -0.4 is 4.72 Å². The number of carbonyl (C=O) groups is 1. The van der Waals surface area contributed by atoms with Crippen LogP contribution in [0.25, 0.3) is 0 Å². The Bertz CT molecular complexity index is 587. The molecule has 0 aliphatic heterocycles. The SMILES string of the molecule is Cc1ncc(S(=O)(=O)NC(C)(C)C(C)(C)C(=O)O)[nH]1. The molecule has 0 aliphatic rings. The zero-order valence-corrected chi connectivity index (χ0v) is 12.4. The second-order valence-electron chi connectivity index (χ2n) is 5.49. The Balaban J connectivity index is 3.11. The average molecular weight is 289 g/mol. The molecule has 1 aromatic rings. The lowest BCUT2D eigenvalue weighted by atomic mass is 9.75. The van der Waals surface area contributed by atoms with Crippen LogP contribution in [-0.4, -0.2) is 35.0 Å². The van der Waals surface area contributed by atoms with E-state index in [9.17, 15) is 18.3 Å². The number of H-pyrrole nitrogens is 1. The Hall–Kier alpha value is -1.41. The van der Waals surface area contributed by atoms with E-state index in [4.69, 9.17) is 0 Å². The van der Waals surface area contributed by atoms with Gasteiger partial charge in [-0.1, -0.05) is 0 Å². The smallest absolute Gasteiger partial charge is 0.310 e. The first kappa shape index (κ1) is 15.6. The number of rotatable bonds is 5. The van der Waals surface area contributed by atoms with E-state index in [0.29, 0.717) is 5.82 Å². The minimum absolute atomic E-state index is 0.0840. The molecule has 0 saturated heterocycles. The minimum atomic E-state index is -3.85. The van der Waals surface area contributed by atoms with Crippen LogP contribution in [0.1, 0.15) is 33.5 Å². The third-order valence-corrected chi connectivity index (χ3v) is 5.02. The molecule has 19 heavy (non-hydrogen) atoms. The van der Waals surface area contributed by atoms with Crippen LogP contribution in [0.2, 0.25) is 0 Å². The summed E-state index contributed by atoms with van der Waals surface area (Å²) < 4.78 is 26.7. The monoisotopic (exact) mass is 289 g/mol. The first-order valence-electron chi connectivity index (χ1n) is 5.69. The number of aryl methyl sites for hydroxylation is 1. The second kappa shape index (κ2) is 4.61. The summed E-state index contributed by atoms with van der Waals surface area (Å²) in [7, 11) is -3.85. The maximum atomic E-state index is 12.2. The van der Waals surface area contributed by atoms with Gasteiger partial charge in [-0.15, -0.1) is 0 Å². The number of aromatic amines is 1. The fourth-order valence-electron chi connectivity index (χ4n) is 1.32. The normalized spacial score (nSPS) is 13.5. The van der Waals surface area contributed by atoms with E-state index in [2.05, 4.69) is 14.7 Å². The van der Waals surface area contributed by atoms with Crippen molar-refractivity contribution in [2.75, 3.05) is 0 Å². The van der Waals surface area contributed by atoms with Gasteiger partial charge in [0.25, 0.3) is 10.0 Å². The van der Waals surface area contributed by atoms with Crippen molar-refractivity contribution in [3.05, 3.63) is 12.0 Å². The van der Waals surface area contributed by atoms with E-state index in [0.717, 1.165) is 0 Å². The average Bonchev–Trinajstić information content (AvgIpc) is 2.63. The van der Waals surface area contributed by atoms with Crippen molar-refractivity contribution in [1.82, 2.24) is 14.7 Å². The van der Waals surface area contributed by atoms with Crippen LogP contribution in [-0.2, 0) is 14.8 Å². The fourth-order valence-corrected chi connectivity index (χ4v) is 2.83. The molecule has 1 heterocycles. The quantitative estimate of drug-likeness (QED) is 0.745. The van der Waals surface area contributed by atoms with Gasteiger partial charge in [0, 0.05) is 5.54 Å². The Labute approximate surface area is 112 Å². The lowest BCUT2D eigenvalue weighted by Crippen LogP contribution is -2.56. The number of sulfonamides is 1. The van der Waals surface area contributed by atoms with Crippen LogP contribution in [0.5, 0.6) is 0 Å². The summed E-state index contributed by atoms with van der Waals surface area (Å²) >= 11 is 0. The summed E-state index contributed by atoms with van der Waals surface area (Å²) in [5, 5.41) is 9.11. The van der Waals surface area contributed by atoms with Gasteiger partial charge in [0.15, 0.2) is 5.03 Å². The molecule has 7 nitrogen and oxygen atoms in total. The number of nitrogens with zero attached hydrogens (tertiary/aromatic N) is 1. The van der Waals surface area contributed by atoms with Crippen molar-refractivity contribution in [2.45, 2.75) is 45.2 Å². The minimum Gasteiger partial charge on any atom is -0.481 e. The van der Waals surface area contributed by atoms with E-state index in [1.54, 1.807) is 6.92 Å². The van der Waals surface area contributed by atoms with Crippen LogP contribution in [0.15, 0.2) is 11.2 Å². The van der Waals surface area contributed by atoms with Crippen molar-refractivity contribution in [3.8, 4) is 0 Å². The van der Waals surface area contributed by atoms with Crippen LogP contribution in [0.4, 0.5) is 0 Å². The van der Waals surface area contributed by atoms with Crippen LogP contribution >= 0.6 is 0 Å². The molecular weight excluding hydrogens is 270 g/mol. The molecule has 8 heteroatoms. The van der Waals surface area contributed by atoms with Gasteiger partial charge in [-0.25, -0.2) is 18.1 Å². The van der Waals surface area contributed by atoms with E-state index >= 15 is 0 Å². The molecule has 1 aromatic heterocycles. The van der Waals surface area contributed by atoms with Crippen LogP contribution in [0, 0.1) is 12.3 Å². The summed E-state index contributed by atoms with van der Waals surface area (Å²) in [5.41, 5.74) is -2.44. The highest BCUT2D eigenvalue weighted by Gasteiger charge is 2.46. The van der Waals surface area contributed by atoms with Gasteiger partial charge in [-0.2, -0.15) is 0 Å². The maximum absolute atomic E-state index is 12.2. The van der Waals surface area contributed by atoms with E-state index in [1.165, 1.54) is 33.9 Å². The fraction of sp³-hybridized carbons (Fsp3) is 0.636. The first-order chi connectivity index (χ1) is 8.40. The van der Waals surface area contributed by atoms with Crippen molar-refractivity contribution in [3.63, 3.8) is 0 Å². The lowest BCUT2D eigenvalue weighted by Gasteiger charge is -2.38. The molecule has 0 aromatic carbocycles. The largest absolute Gasteiger partial charge is 0.481 e. The Morgan fingerprint density at radius 2 is 1.89 bits per heavy atom. The van der Waals surface area contributed by atoms with Gasteiger partial charge in [-0.05, 0) is 34.6 Å². The van der Waals surface area contributed by atoms with Gasteiger partial charge in [0.1, 0.15) is 5.82 Å². The third kappa shape index (κ3) is 2.95. The summed E-state index contributed by atoms with van der Waals surface area (Å²) in [6.45, 7) is 7.63. The predicted octanol–water partition coefficient (Wildman–Crippen LogP) is 0.886. The zero-order chi connectivity index (χ0) is 15.1. The molecule has 3 N–H and O–H groups in total. The van der Waals surface area contributed by atoms with Crippen molar-refractivity contribution < 1.29 is 18.3 Å². The summed E-state index contributed by atoms with van der Waals surface area (Å²) in [4.78, 5) is 17.7. The molecule has 0 amide bonds. The molecule has 108 valence electrons. The molecule has 0 aliphatic carbocycles. The standard InChI is InChI=1S/C11H19N3O4S/c1-7-12-6-8(13-7)19(17,18)14-11(4,5)10(2,3)9(15)16/h6,14H,1-5H3,(H,12,13)(H,15,16). The van der Waals surface area contributed by atoms with E-state index in [-0.39, 0.29) is 5.03 Å². The lowest BCUT2D eigenvalue weighted by molar-refractivity contribution is -0.150. The maximum Gasteiger partial charge on any atom is 0.310 e. The van der Waals surface area contributed by atoms with Gasteiger partial charge in [-0.3, -0.25) is 4.79 Å². The van der Waals surface area contributed by atoms with Crippen molar-refractivity contribution in [2.24, 2.45) is 5.41 Å². The molecular formula is C11H19N3O4S. The first-order valence-corrected chi connectivity index (χ1v) is 7.17. The number of imidazole rings is 1. The summed E-state index contributed by atoms with van der Waals surface area (Å²) in [6, 6.07) is 0. The van der Waals surface area contributed by atoms with Gasteiger partial charge < -0.3 is 10.1 Å². The summed E-state index contributed by atoms with van der Waals surface area (Å²) in [5.74, 6) is -0.614. The molecule has 0 unspecified atom stereocenters. The Morgan fingerprint density at radius 1 is 1.37 bits per heavy atom. The topological polar surface area (TPSA) is 112 Å². The number of carboxylic acid groups (broad SMARTS) is 1. The Kier molecular flexibility index (Phi) is 3.79. The molecule has 0 bridgehead atoms. The zero-order valence-electron chi connectivity index (χ0n) is 11.6. The number of aliphatic carboxylic acids is 1. The predicted molar refractivity (Wildman–Crippen MR) is 69.1 cm³/mol. The van der Waals surface area contributed by atoms with E-state index < -0.39 is 26.9 Å². The summed E-state index contributed by atoms with van der Waals surface area (Å²) in [6.07, 6.45) is 1.20. The van der Waals surface area contributed by atoms with Gasteiger partial charge in [0.05, 0.1) is 11.6 Å². The number of hydrogen-bond donors (Lipinski definition) is 3. The number of hydrogen-bond acceptors (Lipinski definition) is 4. The molecule has 0 saturated carbocycles. The highest BCUT2D eigenvalue weighted by Crippen LogP contribution is 2.32. The van der Waals surface area contributed by atoms with Gasteiger partial charge >= 0.3 is 5.97 Å². The molecule has 0 atom stereocenters. The number of nitrogens with one attached hydrogen (secondary N) is 2. The van der Waals surface area contributed by atoms with E-state index in [1.807, 2.05) is 0 Å². The molecule has 0 radical (unpaired) electrons. The van der Waals surface area contributed by atoms with Crippen molar-refractivity contribution in [1.29, 1.82) is 0 Å². The molecule has 0 fully saturated rings. The Morgan fingerprint density at radius 3 is 2.26 bits per heavy atom. The highest BCUT2D eigenvalue weighted by atomic mass is 32.2.